The molecule has 1 aromatic carbocycles. The van der Waals surface area contributed by atoms with Crippen LogP contribution in [0.2, 0.25) is 0 Å². The zero-order valence-corrected chi connectivity index (χ0v) is 11.6. The van der Waals surface area contributed by atoms with Gasteiger partial charge in [-0.2, -0.15) is 0 Å². The molecular formula is C15H21NO3. The molecule has 19 heavy (non-hydrogen) atoms. The third-order valence-corrected chi connectivity index (χ3v) is 3.59. The van der Waals surface area contributed by atoms with Crippen LogP contribution >= 0.6 is 0 Å². The van der Waals surface area contributed by atoms with E-state index in [1.807, 2.05) is 18.2 Å². The maximum atomic E-state index is 5.94. The summed E-state index contributed by atoms with van der Waals surface area (Å²) >= 11 is 0. The number of rotatable bonds is 5. The summed E-state index contributed by atoms with van der Waals surface area (Å²) in [5.74, 6) is 3.24. The van der Waals surface area contributed by atoms with Gasteiger partial charge in [0.2, 0.25) is 6.79 Å². The van der Waals surface area contributed by atoms with Gasteiger partial charge in [-0.25, -0.2) is 0 Å². The fraction of sp³-hybridized carbons (Fsp3) is 0.600. The molecule has 104 valence electrons. The van der Waals surface area contributed by atoms with Gasteiger partial charge in [0.05, 0.1) is 0 Å². The fourth-order valence-electron chi connectivity index (χ4n) is 2.36. The molecule has 2 aliphatic heterocycles. The lowest BCUT2D eigenvalue weighted by molar-refractivity contribution is 0.0174. The summed E-state index contributed by atoms with van der Waals surface area (Å²) in [7, 11) is 0. The van der Waals surface area contributed by atoms with Gasteiger partial charge in [0.25, 0.3) is 0 Å². The van der Waals surface area contributed by atoms with Crippen molar-refractivity contribution in [3.05, 3.63) is 18.2 Å². The summed E-state index contributed by atoms with van der Waals surface area (Å²) in [6.45, 7) is 8.08. The Morgan fingerprint density at radius 1 is 1.26 bits per heavy atom. The monoisotopic (exact) mass is 263 g/mol. The van der Waals surface area contributed by atoms with Crippen LogP contribution in [0.1, 0.15) is 20.3 Å². The number of fused-ring (bicyclic) bond motifs is 1. The van der Waals surface area contributed by atoms with Crippen molar-refractivity contribution >= 4 is 0 Å². The van der Waals surface area contributed by atoms with Gasteiger partial charge in [-0.3, -0.25) is 4.90 Å². The SMILES string of the molecule is CC(C)CCN1CC(Oc2ccc3c(c2)OCO3)C1. The summed E-state index contributed by atoms with van der Waals surface area (Å²) in [4.78, 5) is 2.44. The highest BCUT2D eigenvalue weighted by atomic mass is 16.7. The molecule has 2 aliphatic rings. The van der Waals surface area contributed by atoms with E-state index in [0.29, 0.717) is 12.9 Å². The molecular weight excluding hydrogens is 242 g/mol. The zero-order valence-electron chi connectivity index (χ0n) is 11.6. The van der Waals surface area contributed by atoms with Gasteiger partial charge >= 0.3 is 0 Å². The molecule has 0 atom stereocenters. The van der Waals surface area contributed by atoms with Gasteiger partial charge in [0, 0.05) is 19.2 Å². The molecule has 3 rings (SSSR count). The molecule has 0 amide bonds. The number of hydrogen-bond donors (Lipinski definition) is 0. The standard InChI is InChI=1S/C15H21NO3/c1-11(2)5-6-16-8-13(9-16)19-12-3-4-14-15(7-12)18-10-17-14/h3-4,7,11,13H,5-6,8-10H2,1-2H3. The highest BCUT2D eigenvalue weighted by Crippen LogP contribution is 2.35. The second-order valence-electron chi connectivity index (χ2n) is 5.70. The van der Waals surface area contributed by atoms with Gasteiger partial charge in [-0.1, -0.05) is 13.8 Å². The molecule has 1 saturated heterocycles. The Bertz CT molecular complexity index is 441. The Morgan fingerprint density at radius 2 is 2.05 bits per heavy atom. The van der Waals surface area contributed by atoms with E-state index in [0.717, 1.165) is 36.3 Å². The lowest BCUT2D eigenvalue weighted by atomic mass is 10.1. The molecule has 1 fully saturated rings. The van der Waals surface area contributed by atoms with E-state index in [-0.39, 0.29) is 0 Å². The summed E-state index contributed by atoms with van der Waals surface area (Å²) in [5, 5.41) is 0. The number of likely N-dealkylation sites (tertiary alicyclic amines) is 1. The van der Waals surface area contributed by atoms with Crippen molar-refractivity contribution in [2.45, 2.75) is 26.4 Å². The normalized spacial score (nSPS) is 18.7. The number of hydrogen-bond acceptors (Lipinski definition) is 4. The molecule has 1 aromatic rings. The molecule has 0 radical (unpaired) electrons. The fourth-order valence-corrected chi connectivity index (χ4v) is 2.36. The van der Waals surface area contributed by atoms with E-state index >= 15 is 0 Å². The summed E-state index contributed by atoms with van der Waals surface area (Å²) in [6, 6.07) is 5.77. The van der Waals surface area contributed by atoms with E-state index in [2.05, 4.69) is 18.7 Å². The molecule has 0 aliphatic carbocycles. The second-order valence-corrected chi connectivity index (χ2v) is 5.70. The highest BCUT2D eigenvalue weighted by molar-refractivity contribution is 5.46. The third-order valence-electron chi connectivity index (χ3n) is 3.59. The molecule has 0 unspecified atom stereocenters. The Hall–Kier alpha value is -1.42. The second kappa shape index (κ2) is 5.29. The van der Waals surface area contributed by atoms with Crippen molar-refractivity contribution in [1.82, 2.24) is 4.90 Å². The van der Waals surface area contributed by atoms with Crippen molar-refractivity contribution in [3.8, 4) is 17.2 Å². The summed E-state index contributed by atoms with van der Waals surface area (Å²) in [6.07, 6.45) is 1.57. The highest BCUT2D eigenvalue weighted by Gasteiger charge is 2.28. The minimum Gasteiger partial charge on any atom is -0.488 e. The van der Waals surface area contributed by atoms with Crippen molar-refractivity contribution in [2.24, 2.45) is 5.92 Å². The molecule has 0 saturated carbocycles. The third kappa shape index (κ3) is 2.95. The Labute approximate surface area is 114 Å². The zero-order chi connectivity index (χ0) is 13.2. The van der Waals surface area contributed by atoms with E-state index in [4.69, 9.17) is 14.2 Å². The lowest BCUT2D eigenvalue weighted by Gasteiger charge is -2.39. The lowest BCUT2D eigenvalue weighted by Crippen LogP contribution is -2.54. The van der Waals surface area contributed by atoms with Crippen LogP contribution in [0.15, 0.2) is 18.2 Å². The molecule has 0 aromatic heterocycles. The Balaban J connectivity index is 1.46. The van der Waals surface area contributed by atoms with Crippen molar-refractivity contribution < 1.29 is 14.2 Å². The number of benzene rings is 1. The van der Waals surface area contributed by atoms with Crippen LogP contribution in [0.5, 0.6) is 17.2 Å². The van der Waals surface area contributed by atoms with Gasteiger partial charge in [0.15, 0.2) is 11.5 Å². The molecule has 0 N–H and O–H groups in total. The van der Waals surface area contributed by atoms with Crippen LogP contribution < -0.4 is 14.2 Å². The average molecular weight is 263 g/mol. The minimum absolute atomic E-state index is 0.311. The van der Waals surface area contributed by atoms with Crippen molar-refractivity contribution in [3.63, 3.8) is 0 Å². The van der Waals surface area contributed by atoms with Crippen LogP contribution in [0, 0.1) is 5.92 Å². The van der Waals surface area contributed by atoms with Crippen LogP contribution in [0.4, 0.5) is 0 Å². The van der Waals surface area contributed by atoms with Gasteiger partial charge < -0.3 is 14.2 Å². The Kier molecular flexibility index (Phi) is 3.51. The molecule has 4 heteroatoms. The van der Waals surface area contributed by atoms with E-state index in [9.17, 15) is 0 Å². The van der Waals surface area contributed by atoms with E-state index in [1.165, 1.54) is 13.0 Å². The van der Waals surface area contributed by atoms with Crippen LogP contribution in [0.25, 0.3) is 0 Å². The van der Waals surface area contributed by atoms with E-state index in [1.54, 1.807) is 0 Å². The van der Waals surface area contributed by atoms with Crippen molar-refractivity contribution in [2.75, 3.05) is 26.4 Å². The number of ether oxygens (including phenoxy) is 3. The molecule has 0 bridgehead atoms. The van der Waals surface area contributed by atoms with Crippen LogP contribution in [0.3, 0.4) is 0 Å². The topological polar surface area (TPSA) is 30.9 Å². The largest absolute Gasteiger partial charge is 0.488 e. The molecule has 2 heterocycles. The van der Waals surface area contributed by atoms with Crippen LogP contribution in [-0.4, -0.2) is 37.4 Å². The first-order valence-corrected chi connectivity index (χ1v) is 6.99. The quantitative estimate of drug-likeness (QED) is 0.817. The summed E-state index contributed by atoms with van der Waals surface area (Å²) in [5.41, 5.74) is 0. The first kappa shape index (κ1) is 12.6. The summed E-state index contributed by atoms with van der Waals surface area (Å²) < 4.78 is 16.6. The predicted octanol–water partition coefficient (Wildman–Crippen LogP) is 2.52. The number of nitrogens with zero attached hydrogens (tertiary/aromatic N) is 1. The maximum absolute atomic E-state index is 5.94. The van der Waals surface area contributed by atoms with E-state index < -0.39 is 0 Å². The van der Waals surface area contributed by atoms with Crippen molar-refractivity contribution in [1.29, 1.82) is 0 Å². The first-order chi connectivity index (χ1) is 9.20. The Morgan fingerprint density at radius 3 is 2.84 bits per heavy atom. The minimum atomic E-state index is 0.311. The first-order valence-electron chi connectivity index (χ1n) is 6.99. The molecule has 4 nitrogen and oxygen atoms in total. The van der Waals surface area contributed by atoms with Gasteiger partial charge in [-0.15, -0.1) is 0 Å². The van der Waals surface area contributed by atoms with Crippen LogP contribution in [-0.2, 0) is 0 Å². The smallest absolute Gasteiger partial charge is 0.231 e. The average Bonchev–Trinajstić information content (AvgIpc) is 2.78. The maximum Gasteiger partial charge on any atom is 0.231 e. The predicted molar refractivity (Wildman–Crippen MR) is 72.9 cm³/mol. The van der Waals surface area contributed by atoms with Gasteiger partial charge in [-0.05, 0) is 31.0 Å². The molecule has 0 spiro atoms. The van der Waals surface area contributed by atoms with Gasteiger partial charge in [0.1, 0.15) is 11.9 Å².